The molecule has 0 aliphatic carbocycles. The largest absolute Gasteiger partial charge is 0.416 e. The maximum Gasteiger partial charge on any atom is 0.416 e. The Morgan fingerprint density at radius 1 is 0.538 bits per heavy atom. The fourth-order valence-electron chi connectivity index (χ4n) is 8.38. The van der Waals surface area contributed by atoms with Gasteiger partial charge < -0.3 is 4.90 Å². The molecule has 0 spiro atoms. The topological polar surface area (TPSA) is 117 Å². The first kappa shape index (κ1) is 54.9. The summed E-state index contributed by atoms with van der Waals surface area (Å²) >= 11 is 3.42. The van der Waals surface area contributed by atoms with Crippen LogP contribution in [-0.2, 0) is 12.4 Å². The maximum atomic E-state index is 12.8. The number of para-hydroxylation sites is 2. The molecule has 78 heavy (non-hydrogen) atoms. The molecule has 0 N–H and O–H groups in total. The molecule has 10 rings (SSSR count). The molecule has 0 atom stereocenters. The van der Waals surface area contributed by atoms with E-state index in [1.54, 1.807) is 29.7 Å². The van der Waals surface area contributed by atoms with Crippen LogP contribution in [-0.4, -0.2) is 81.9 Å². The molecule has 2 aromatic heterocycles. The molecule has 6 aromatic carbocycles. The van der Waals surface area contributed by atoms with Gasteiger partial charge in [0, 0.05) is 41.4 Å². The number of hydrogen-bond acceptors (Lipinski definition) is 10. The summed E-state index contributed by atoms with van der Waals surface area (Å²) < 4.78 is 79.9. The van der Waals surface area contributed by atoms with Gasteiger partial charge in [-0.05, 0) is 108 Å². The van der Waals surface area contributed by atoms with Crippen LogP contribution in [0, 0.1) is 0 Å². The number of anilines is 1. The van der Waals surface area contributed by atoms with Crippen molar-refractivity contribution in [1.82, 2.24) is 34.5 Å². The Morgan fingerprint density at radius 2 is 1.03 bits per heavy atom. The summed E-state index contributed by atoms with van der Waals surface area (Å²) in [4.78, 5) is 15.8. The highest BCUT2D eigenvalue weighted by atomic mass is 32.2. The minimum Gasteiger partial charge on any atom is -0.319 e. The van der Waals surface area contributed by atoms with Crippen LogP contribution in [0.1, 0.15) is 85.8 Å². The monoisotopic (exact) mass is 1100 g/mol. The Kier molecular flexibility index (Phi) is 17.4. The zero-order valence-corrected chi connectivity index (χ0v) is 44.6. The van der Waals surface area contributed by atoms with Gasteiger partial charge in [-0.15, -0.1) is 15.3 Å². The Balaban J connectivity index is 0.000000190. The number of hydrogen-bond donors (Lipinski definition) is 0. The summed E-state index contributed by atoms with van der Waals surface area (Å²) in [5.74, 6) is 3.75. The molecule has 2 aliphatic rings. The summed E-state index contributed by atoms with van der Waals surface area (Å²) in [7, 11) is 0. The van der Waals surface area contributed by atoms with Crippen molar-refractivity contribution in [2.75, 3.05) is 29.5 Å². The quantitative estimate of drug-likeness (QED) is 0.0674. The zero-order chi connectivity index (χ0) is 54.8. The van der Waals surface area contributed by atoms with E-state index in [2.05, 4.69) is 93.3 Å². The number of thioether (sulfide) groups is 2. The predicted molar refractivity (Wildman–Crippen MR) is 303 cm³/mol. The van der Waals surface area contributed by atoms with Crippen LogP contribution in [0.2, 0.25) is 0 Å². The maximum absolute atomic E-state index is 12.8. The summed E-state index contributed by atoms with van der Waals surface area (Å²) in [6.45, 7) is 10.4. The van der Waals surface area contributed by atoms with Crippen molar-refractivity contribution in [3.8, 4) is 34.2 Å². The van der Waals surface area contributed by atoms with Gasteiger partial charge in [0.1, 0.15) is 12.7 Å². The van der Waals surface area contributed by atoms with E-state index >= 15 is 0 Å². The van der Waals surface area contributed by atoms with Crippen molar-refractivity contribution in [3.63, 3.8) is 0 Å². The highest BCUT2D eigenvalue weighted by molar-refractivity contribution is 8.14. The molecule has 0 unspecified atom stereocenters. The normalized spacial score (nSPS) is 15.5. The third-order valence-electron chi connectivity index (χ3n) is 12.5. The van der Waals surface area contributed by atoms with E-state index in [9.17, 15) is 26.3 Å². The lowest BCUT2D eigenvalue weighted by molar-refractivity contribution is -0.138. The lowest BCUT2D eigenvalue weighted by Crippen LogP contribution is -2.34. The van der Waals surface area contributed by atoms with E-state index in [0.29, 0.717) is 34.9 Å². The van der Waals surface area contributed by atoms with E-state index in [1.807, 2.05) is 78.0 Å². The fraction of sp³-hybridized carbons (Fsp3) is 0.241. The number of rotatable bonds is 12. The molecule has 0 radical (unpaired) electrons. The van der Waals surface area contributed by atoms with Crippen LogP contribution in [0.3, 0.4) is 0 Å². The van der Waals surface area contributed by atoms with Gasteiger partial charge in [0.05, 0.1) is 40.6 Å². The van der Waals surface area contributed by atoms with Gasteiger partial charge in [-0.2, -0.15) is 36.5 Å². The average molecular weight is 1100 g/mol. The first-order valence-corrected chi connectivity index (χ1v) is 27.2. The highest BCUT2D eigenvalue weighted by Gasteiger charge is 2.31. The SMILES string of the molecule is CC(C)c1ccccc1N1CCCS/C1=N\N=C\c1ccc(-c2ncn(-c3ccc(C(F)(F)F)cc3)n2)cc1.CC(C)c1ccccc1N=C1SCCCN1/N=C/c1ccc(-c2ncn(-c3ccc(C(F)(F)F)cc3)n2)cc1. The van der Waals surface area contributed by atoms with Gasteiger partial charge in [0.25, 0.3) is 0 Å². The molecule has 0 saturated carbocycles. The average Bonchev–Trinajstić information content (AvgIpc) is 4.18. The van der Waals surface area contributed by atoms with Gasteiger partial charge in [-0.25, -0.2) is 29.3 Å². The third kappa shape index (κ3) is 13.8. The first-order chi connectivity index (χ1) is 37.6. The lowest BCUT2D eigenvalue weighted by Gasteiger charge is -2.31. The first-order valence-electron chi connectivity index (χ1n) is 25.2. The van der Waals surface area contributed by atoms with Gasteiger partial charge in [0.2, 0.25) is 0 Å². The molecule has 400 valence electrons. The van der Waals surface area contributed by atoms with Crippen LogP contribution in [0.15, 0.2) is 179 Å². The van der Waals surface area contributed by atoms with Crippen LogP contribution in [0.4, 0.5) is 37.7 Å². The highest BCUT2D eigenvalue weighted by Crippen LogP contribution is 2.34. The van der Waals surface area contributed by atoms with Crippen molar-refractivity contribution in [3.05, 3.63) is 192 Å². The summed E-state index contributed by atoms with van der Waals surface area (Å²) in [5, 5.41) is 26.2. The molecule has 0 amide bonds. The Morgan fingerprint density at radius 3 is 1.56 bits per heavy atom. The van der Waals surface area contributed by atoms with Crippen molar-refractivity contribution < 1.29 is 26.3 Å². The van der Waals surface area contributed by atoms with Crippen molar-refractivity contribution in [2.24, 2.45) is 20.3 Å². The van der Waals surface area contributed by atoms with Gasteiger partial charge in [-0.1, -0.05) is 136 Å². The molecule has 0 bridgehead atoms. The van der Waals surface area contributed by atoms with E-state index in [1.165, 1.54) is 63.1 Å². The molecule has 4 heterocycles. The molecular weight excluding hydrogens is 1040 g/mol. The second-order valence-electron chi connectivity index (χ2n) is 18.7. The zero-order valence-electron chi connectivity index (χ0n) is 43.0. The predicted octanol–water partition coefficient (Wildman–Crippen LogP) is 14.9. The minimum absolute atomic E-state index is 0.380. The molecule has 8 aromatic rings. The number of halogens is 6. The number of alkyl halides is 6. The van der Waals surface area contributed by atoms with Crippen LogP contribution >= 0.6 is 23.5 Å². The molecule has 20 heteroatoms. The molecular formula is C58H54F6N12S2. The second kappa shape index (κ2) is 24.7. The van der Waals surface area contributed by atoms with E-state index in [-0.39, 0.29) is 0 Å². The minimum atomic E-state index is -4.38. The molecule has 2 aliphatic heterocycles. The standard InChI is InChI=1S/2C29H27F3N6S/c1-20(2)25-6-3-4-7-26(25)37-16-5-17-39-28(37)35-34-18-21-8-10-22(11-9-21)27-33-19-38(36-27)24-14-12-23(13-15-24)29(30,31)32;1-20(2)25-6-3-4-7-26(25)35-28-37(16-5-17-39-28)34-18-21-8-10-22(11-9-21)27-33-19-38(36-27)24-14-12-23(13-15-24)29(30,31)32/h2*3-4,6-15,18-20H,5,16-17H2,1-2H3/b34-18+,35-28-;34-18+,35-28?. The number of hydrazone groups is 1. The van der Waals surface area contributed by atoms with E-state index in [0.717, 1.165) is 100.0 Å². The molecule has 2 saturated heterocycles. The Labute approximate surface area is 456 Å². The van der Waals surface area contributed by atoms with Crippen LogP contribution in [0.5, 0.6) is 0 Å². The van der Waals surface area contributed by atoms with Gasteiger partial charge in [-0.3, -0.25) is 0 Å². The fourth-order valence-corrected chi connectivity index (χ4v) is 10.2. The summed E-state index contributed by atoms with van der Waals surface area (Å²) in [5.41, 5.74) is 7.61. The van der Waals surface area contributed by atoms with Crippen molar-refractivity contribution in [2.45, 2.75) is 64.7 Å². The number of aromatic nitrogens is 6. The summed E-state index contributed by atoms with van der Waals surface area (Å²) in [6.07, 6.45) is -0.147. The number of benzene rings is 6. The number of amidine groups is 2. The van der Waals surface area contributed by atoms with E-state index in [4.69, 9.17) is 10.1 Å². The van der Waals surface area contributed by atoms with Crippen molar-refractivity contribution >= 4 is 57.7 Å². The smallest absolute Gasteiger partial charge is 0.319 e. The summed E-state index contributed by atoms with van der Waals surface area (Å²) in [6, 6.07) is 41.5. The Bertz CT molecular complexity index is 3400. The van der Waals surface area contributed by atoms with Crippen molar-refractivity contribution in [1.29, 1.82) is 0 Å². The number of aliphatic imine (C=N–C) groups is 1. The van der Waals surface area contributed by atoms with E-state index < -0.39 is 23.5 Å². The van der Waals surface area contributed by atoms with Crippen LogP contribution < -0.4 is 4.90 Å². The van der Waals surface area contributed by atoms with Gasteiger partial charge >= 0.3 is 12.4 Å². The van der Waals surface area contributed by atoms with Gasteiger partial charge in [0.15, 0.2) is 22.0 Å². The van der Waals surface area contributed by atoms with Crippen LogP contribution in [0.25, 0.3) is 34.2 Å². The third-order valence-corrected chi connectivity index (χ3v) is 14.6. The lowest BCUT2D eigenvalue weighted by atomic mass is 10.0. The molecule has 2 fully saturated rings. The Hall–Kier alpha value is -7.84. The second-order valence-corrected chi connectivity index (χ2v) is 20.9. The number of nitrogens with zero attached hydrogens (tertiary/aromatic N) is 12. The molecule has 12 nitrogen and oxygen atoms in total.